The first kappa shape index (κ1) is 13.2. The maximum Gasteiger partial charge on any atom is 0.0630 e. The van der Waals surface area contributed by atoms with Gasteiger partial charge in [0.2, 0.25) is 0 Å². The normalized spacial score (nSPS) is 14.5. The summed E-state index contributed by atoms with van der Waals surface area (Å²) in [5.41, 5.74) is 8.27. The lowest BCUT2D eigenvalue weighted by molar-refractivity contribution is 0.335. The summed E-state index contributed by atoms with van der Waals surface area (Å²) in [6, 6.07) is 2.18. The average molecular weight is 223 g/mol. The Bertz CT molecular complexity index is 343. The predicted molar refractivity (Wildman–Crippen MR) is 68.4 cm³/mol. The summed E-state index contributed by atoms with van der Waals surface area (Å²) in [4.78, 5) is 0. The monoisotopic (exact) mass is 223 g/mol. The fourth-order valence-electron chi connectivity index (χ4n) is 1.83. The molecule has 3 heteroatoms. The van der Waals surface area contributed by atoms with Gasteiger partial charge in [-0.25, -0.2) is 0 Å². The van der Waals surface area contributed by atoms with Crippen LogP contribution in [0, 0.1) is 5.92 Å². The van der Waals surface area contributed by atoms with E-state index in [1.54, 1.807) is 0 Å². The Morgan fingerprint density at radius 3 is 2.19 bits per heavy atom. The van der Waals surface area contributed by atoms with E-state index >= 15 is 0 Å². The van der Waals surface area contributed by atoms with Crippen molar-refractivity contribution in [1.29, 1.82) is 0 Å². The SMILES string of the molecule is CC(C)Cc1cc(C(C)N)n(C(C)(C)C)n1. The molecule has 0 aromatic carbocycles. The van der Waals surface area contributed by atoms with Crippen molar-refractivity contribution in [3.8, 4) is 0 Å². The molecule has 1 unspecified atom stereocenters. The lowest BCUT2D eigenvalue weighted by Crippen LogP contribution is -2.27. The molecule has 16 heavy (non-hydrogen) atoms. The zero-order valence-corrected chi connectivity index (χ0v) is 11.4. The van der Waals surface area contributed by atoms with Crippen molar-refractivity contribution in [3.05, 3.63) is 17.5 Å². The Morgan fingerprint density at radius 1 is 1.31 bits per heavy atom. The molecule has 0 saturated heterocycles. The van der Waals surface area contributed by atoms with Crippen molar-refractivity contribution < 1.29 is 0 Å². The van der Waals surface area contributed by atoms with Gasteiger partial charge in [0.05, 0.1) is 16.9 Å². The standard InChI is InChI=1S/C13H25N3/c1-9(2)7-11-8-12(10(3)14)16(15-11)13(4,5)6/h8-10H,7,14H2,1-6H3. The van der Waals surface area contributed by atoms with Crippen molar-refractivity contribution in [1.82, 2.24) is 9.78 Å². The van der Waals surface area contributed by atoms with E-state index in [9.17, 15) is 0 Å². The number of aromatic nitrogens is 2. The summed E-state index contributed by atoms with van der Waals surface area (Å²) < 4.78 is 2.06. The molecular weight excluding hydrogens is 198 g/mol. The van der Waals surface area contributed by atoms with Gasteiger partial charge in [0.25, 0.3) is 0 Å². The minimum atomic E-state index is -0.00179. The van der Waals surface area contributed by atoms with Crippen LogP contribution < -0.4 is 5.73 Å². The highest BCUT2D eigenvalue weighted by atomic mass is 15.3. The van der Waals surface area contributed by atoms with Crippen LogP contribution in [0.2, 0.25) is 0 Å². The second-order valence-corrected chi connectivity index (χ2v) is 6.03. The molecule has 1 atom stereocenters. The molecule has 0 radical (unpaired) electrons. The van der Waals surface area contributed by atoms with Crippen LogP contribution in [0.4, 0.5) is 0 Å². The summed E-state index contributed by atoms with van der Waals surface area (Å²) in [6.45, 7) is 12.9. The maximum absolute atomic E-state index is 5.99. The second-order valence-electron chi connectivity index (χ2n) is 6.03. The Balaban J connectivity index is 3.11. The van der Waals surface area contributed by atoms with Gasteiger partial charge in [-0.2, -0.15) is 5.10 Å². The van der Waals surface area contributed by atoms with E-state index in [1.165, 1.54) is 0 Å². The van der Waals surface area contributed by atoms with Gasteiger partial charge in [0.15, 0.2) is 0 Å². The van der Waals surface area contributed by atoms with E-state index in [0.29, 0.717) is 5.92 Å². The van der Waals surface area contributed by atoms with Crippen LogP contribution in [0.5, 0.6) is 0 Å². The highest BCUT2D eigenvalue weighted by Gasteiger charge is 2.21. The van der Waals surface area contributed by atoms with Crippen LogP contribution in [0.3, 0.4) is 0 Å². The van der Waals surface area contributed by atoms with E-state index in [0.717, 1.165) is 17.8 Å². The summed E-state index contributed by atoms with van der Waals surface area (Å²) in [6.07, 6.45) is 1.02. The van der Waals surface area contributed by atoms with Crippen LogP contribution >= 0.6 is 0 Å². The molecule has 92 valence electrons. The summed E-state index contributed by atoms with van der Waals surface area (Å²) >= 11 is 0. The third-order valence-corrected chi connectivity index (χ3v) is 2.51. The molecule has 3 nitrogen and oxygen atoms in total. The van der Waals surface area contributed by atoms with Crippen molar-refractivity contribution in [3.63, 3.8) is 0 Å². The molecule has 0 aliphatic rings. The highest BCUT2D eigenvalue weighted by molar-refractivity contribution is 5.15. The van der Waals surface area contributed by atoms with Crippen LogP contribution in [0.1, 0.15) is 59.0 Å². The highest BCUT2D eigenvalue weighted by Crippen LogP contribution is 2.22. The van der Waals surface area contributed by atoms with E-state index in [1.807, 2.05) is 6.92 Å². The lowest BCUT2D eigenvalue weighted by Gasteiger charge is -2.23. The minimum Gasteiger partial charge on any atom is -0.323 e. The van der Waals surface area contributed by atoms with Gasteiger partial charge < -0.3 is 5.73 Å². The summed E-state index contributed by atoms with van der Waals surface area (Å²) in [5, 5.41) is 4.68. The van der Waals surface area contributed by atoms with Gasteiger partial charge in [0, 0.05) is 6.04 Å². The topological polar surface area (TPSA) is 43.8 Å². The molecule has 0 spiro atoms. The lowest BCUT2D eigenvalue weighted by atomic mass is 10.1. The van der Waals surface area contributed by atoms with Crippen LogP contribution in [0.25, 0.3) is 0 Å². The Labute approximate surface area is 99.0 Å². The zero-order valence-electron chi connectivity index (χ0n) is 11.4. The van der Waals surface area contributed by atoms with Gasteiger partial charge in [0.1, 0.15) is 0 Å². The Kier molecular flexibility index (Phi) is 3.79. The number of nitrogens with zero attached hydrogens (tertiary/aromatic N) is 2. The first-order valence-electron chi connectivity index (χ1n) is 6.06. The molecule has 1 aromatic heterocycles. The van der Waals surface area contributed by atoms with Gasteiger partial charge in [-0.3, -0.25) is 4.68 Å². The van der Waals surface area contributed by atoms with Crippen LogP contribution in [-0.4, -0.2) is 9.78 Å². The van der Waals surface area contributed by atoms with Crippen molar-refractivity contribution in [2.75, 3.05) is 0 Å². The third kappa shape index (κ3) is 3.08. The number of nitrogens with two attached hydrogens (primary N) is 1. The van der Waals surface area contributed by atoms with Crippen LogP contribution in [0.15, 0.2) is 6.07 Å². The number of hydrogen-bond donors (Lipinski definition) is 1. The molecule has 1 rings (SSSR count). The molecule has 0 amide bonds. The molecule has 0 aliphatic carbocycles. The Hall–Kier alpha value is -0.830. The van der Waals surface area contributed by atoms with E-state index < -0.39 is 0 Å². The van der Waals surface area contributed by atoms with E-state index in [2.05, 4.69) is 50.5 Å². The van der Waals surface area contributed by atoms with E-state index in [4.69, 9.17) is 5.73 Å². The fraction of sp³-hybridized carbons (Fsp3) is 0.769. The first-order valence-corrected chi connectivity index (χ1v) is 6.06. The molecule has 1 aromatic rings. The quantitative estimate of drug-likeness (QED) is 0.856. The van der Waals surface area contributed by atoms with Gasteiger partial charge in [-0.1, -0.05) is 13.8 Å². The molecule has 0 saturated carbocycles. The third-order valence-electron chi connectivity index (χ3n) is 2.51. The molecule has 1 heterocycles. The van der Waals surface area contributed by atoms with Gasteiger partial charge >= 0.3 is 0 Å². The van der Waals surface area contributed by atoms with E-state index in [-0.39, 0.29) is 11.6 Å². The summed E-state index contributed by atoms with van der Waals surface area (Å²) in [7, 11) is 0. The first-order chi connectivity index (χ1) is 7.21. The van der Waals surface area contributed by atoms with Gasteiger partial charge in [-0.15, -0.1) is 0 Å². The minimum absolute atomic E-state index is 0.00179. The fourth-order valence-corrected chi connectivity index (χ4v) is 1.83. The molecule has 0 fully saturated rings. The summed E-state index contributed by atoms with van der Waals surface area (Å²) in [5.74, 6) is 0.629. The maximum atomic E-state index is 5.99. The second kappa shape index (κ2) is 4.58. The van der Waals surface area contributed by atoms with Crippen molar-refractivity contribution >= 4 is 0 Å². The molecule has 0 aliphatic heterocycles. The van der Waals surface area contributed by atoms with Crippen molar-refractivity contribution in [2.45, 2.75) is 59.5 Å². The predicted octanol–water partition coefficient (Wildman–Crippen LogP) is 2.86. The number of hydrogen-bond acceptors (Lipinski definition) is 2. The average Bonchev–Trinajstić information content (AvgIpc) is 2.45. The largest absolute Gasteiger partial charge is 0.323 e. The van der Waals surface area contributed by atoms with Crippen LogP contribution in [-0.2, 0) is 12.0 Å². The smallest absolute Gasteiger partial charge is 0.0630 e. The van der Waals surface area contributed by atoms with Gasteiger partial charge in [-0.05, 0) is 46.1 Å². The van der Waals surface area contributed by atoms with Crippen molar-refractivity contribution in [2.24, 2.45) is 11.7 Å². The zero-order chi connectivity index (χ0) is 12.5. The molecule has 0 bridgehead atoms. The molecule has 2 N–H and O–H groups in total. The number of rotatable bonds is 3. The Morgan fingerprint density at radius 2 is 1.88 bits per heavy atom. The molecular formula is C13H25N3.